The smallest absolute Gasteiger partial charge is 0.161 e. The van der Waals surface area contributed by atoms with Gasteiger partial charge in [-0.25, -0.2) is 0 Å². The lowest BCUT2D eigenvalue weighted by Crippen LogP contribution is -2.45. The second kappa shape index (κ2) is 19.5. The van der Waals surface area contributed by atoms with Gasteiger partial charge in [0.15, 0.2) is 11.5 Å². The van der Waals surface area contributed by atoms with Gasteiger partial charge in [0.25, 0.3) is 0 Å². The van der Waals surface area contributed by atoms with Gasteiger partial charge in [-0.1, -0.05) is 72.3 Å². The molecule has 7 nitrogen and oxygen atoms in total. The van der Waals surface area contributed by atoms with Gasteiger partial charge in [0.05, 0.1) is 32.5 Å². The summed E-state index contributed by atoms with van der Waals surface area (Å²) in [6.07, 6.45) is 6.36. The molecular formula is C47H63ClN2O5. The Kier molecular flexibility index (Phi) is 15.1. The first-order chi connectivity index (χ1) is 26.4. The Morgan fingerprint density at radius 3 is 1.60 bits per heavy atom. The van der Waals surface area contributed by atoms with Crippen molar-refractivity contribution in [2.75, 3.05) is 47.6 Å². The van der Waals surface area contributed by atoms with Gasteiger partial charge in [0, 0.05) is 42.2 Å². The molecule has 4 aromatic carbocycles. The molecule has 4 aromatic rings. The third-order valence-corrected chi connectivity index (χ3v) is 11.6. The van der Waals surface area contributed by atoms with Gasteiger partial charge < -0.3 is 34.3 Å². The van der Waals surface area contributed by atoms with Crippen LogP contribution in [-0.4, -0.2) is 58.8 Å². The van der Waals surface area contributed by atoms with Crippen LogP contribution < -0.4 is 24.8 Å². The van der Waals surface area contributed by atoms with Crippen molar-refractivity contribution in [1.82, 2.24) is 10.6 Å². The molecule has 0 saturated carbocycles. The maximum Gasteiger partial charge on any atom is 0.161 e. The van der Waals surface area contributed by atoms with Crippen LogP contribution >= 0.6 is 11.6 Å². The number of benzene rings is 4. The van der Waals surface area contributed by atoms with E-state index in [4.69, 9.17) is 35.3 Å². The molecule has 6 rings (SSSR count). The molecule has 2 aliphatic heterocycles. The van der Waals surface area contributed by atoms with Crippen LogP contribution in [0.3, 0.4) is 0 Å². The SMILES string of the molecule is COc1ccc(C2(CCNCc3ccc(Cl)cc3)CCOC(C)(C)C2)cc1.COc1ccc(CNCCC2(c3ccccc3)CCOC(C)(C)C2)cc1OC. The summed E-state index contributed by atoms with van der Waals surface area (Å²) < 4.78 is 28.1. The van der Waals surface area contributed by atoms with Gasteiger partial charge in [-0.05, 0) is 138 Å². The van der Waals surface area contributed by atoms with Crippen molar-refractivity contribution in [2.45, 2.75) is 101 Å². The van der Waals surface area contributed by atoms with E-state index in [1.807, 2.05) is 24.3 Å². The van der Waals surface area contributed by atoms with E-state index in [2.05, 4.69) is 111 Å². The third-order valence-electron chi connectivity index (χ3n) is 11.3. The Hall–Kier alpha value is -3.59. The summed E-state index contributed by atoms with van der Waals surface area (Å²) in [5.41, 5.74) is 5.36. The van der Waals surface area contributed by atoms with Crippen LogP contribution in [0.1, 0.15) is 88.5 Å². The lowest BCUT2D eigenvalue weighted by atomic mass is 9.67. The quantitative estimate of drug-likeness (QED) is 0.117. The molecule has 2 unspecified atom stereocenters. The highest BCUT2D eigenvalue weighted by molar-refractivity contribution is 6.30. The first kappa shape index (κ1) is 42.6. The zero-order valence-electron chi connectivity index (χ0n) is 34.1. The Bertz CT molecular complexity index is 1750. The molecule has 2 N–H and O–H groups in total. The first-order valence-electron chi connectivity index (χ1n) is 19.8. The molecule has 2 heterocycles. The van der Waals surface area contributed by atoms with Crippen molar-refractivity contribution in [1.29, 1.82) is 0 Å². The van der Waals surface area contributed by atoms with Crippen LogP contribution in [0.4, 0.5) is 0 Å². The molecule has 2 fully saturated rings. The van der Waals surface area contributed by atoms with Gasteiger partial charge in [0.2, 0.25) is 0 Å². The zero-order chi connectivity index (χ0) is 39.4. The van der Waals surface area contributed by atoms with Gasteiger partial charge in [0.1, 0.15) is 5.75 Å². The second-order valence-electron chi connectivity index (χ2n) is 16.4. The van der Waals surface area contributed by atoms with Gasteiger partial charge >= 0.3 is 0 Å². The molecule has 55 heavy (non-hydrogen) atoms. The molecular weight excluding hydrogens is 708 g/mol. The summed E-state index contributed by atoms with van der Waals surface area (Å²) in [5, 5.41) is 8.01. The highest BCUT2D eigenvalue weighted by Gasteiger charge is 2.42. The predicted octanol–water partition coefficient (Wildman–Crippen LogP) is 10.1. The molecule has 0 aromatic heterocycles. The van der Waals surface area contributed by atoms with E-state index in [9.17, 15) is 0 Å². The van der Waals surface area contributed by atoms with E-state index < -0.39 is 0 Å². The Morgan fingerprint density at radius 2 is 1.09 bits per heavy atom. The van der Waals surface area contributed by atoms with E-state index in [1.165, 1.54) is 22.3 Å². The van der Waals surface area contributed by atoms with Crippen molar-refractivity contribution < 1.29 is 23.7 Å². The maximum absolute atomic E-state index is 6.02. The lowest BCUT2D eigenvalue weighted by molar-refractivity contribution is -0.0843. The van der Waals surface area contributed by atoms with E-state index in [-0.39, 0.29) is 22.0 Å². The number of nitrogens with one attached hydrogen (secondary N) is 2. The van der Waals surface area contributed by atoms with Crippen LogP contribution in [0.25, 0.3) is 0 Å². The molecule has 0 radical (unpaired) electrons. The monoisotopic (exact) mass is 770 g/mol. The summed E-state index contributed by atoms with van der Waals surface area (Å²) in [6.45, 7) is 14.0. The number of rotatable bonds is 15. The zero-order valence-corrected chi connectivity index (χ0v) is 34.9. The number of ether oxygens (including phenoxy) is 5. The molecule has 2 atom stereocenters. The number of halogens is 1. The predicted molar refractivity (Wildman–Crippen MR) is 225 cm³/mol. The number of hydrogen-bond donors (Lipinski definition) is 2. The lowest BCUT2D eigenvalue weighted by Gasteiger charge is -2.45. The summed E-state index contributed by atoms with van der Waals surface area (Å²) in [6, 6.07) is 33.6. The molecule has 2 aliphatic rings. The molecule has 8 heteroatoms. The van der Waals surface area contributed by atoms with E-state index in [0.29, 0.717) is 0 Å². The molecule has 298 valence electrons. The molecule has 0 amide bonds. The van der Waals surface area contributed by atoms with E-state index >= 15 is 0 Å². The van der Waals surface area contributed by atoms with Crippen LogP contribution in [0.5, 0.6) is 17.2 Å². The average molecular weight is 771 g/mol. The summed E-state index contributed by atoms with van der Waals surface area (Å²) in [7, 11) is 5.04. The van der Waals surface area contributed by atoms with E-state index in [0.717, 1.165) is 100 Å². The average Bonchev–Trinajstić information content (AvgIpc) is 3.18. The van der Waals surface area contributed by atoms with Crippen molar-refractivity contribution >= 4 is 11.6 Å². The van der Waals surface area contributed by atoms with Crippen LogP contribution in [0.15, 0.2) is 97.1 Å². The third kappa shape index (κ3) is 12.0. The number of hydrogen-bond acceptors (Lipinski definition) is 7. The highest BCUT2D eigenvalue weighted by Crippen LogP contribution is 2.45. The topological polar surface area (TPSA) is 70.2 Å². The number of methoxy groups -OCH3 is 3. The van der Waals surface area contributed by atoms with Gasteiger partial charge in [-0.3, -0.25) is 0 Å². The fraction of sp³-hybridized carbons (Fsp3) is 0.489. The van der Waals surface area contributed by atoms with Crippen molar-refractivity contribution in [3.8, 4) is 17.2 Å². The Labute approximate surface area is 335 Å². The van der Waals surface area contributed by atoms with Crippen LogP contribution in [-0.2, 0) is 33.4 Å². The van der Waals surface area contributed by atoms with E-state index in [1.54, 1.807) is 21.3 Å². The highest BCUT2D eigenvalue weighted by atomic mass is 35.5. The fourth-order valence-corrected chi connectivity index (χ4v) is 8.74. The summed E-state index contributed by atoms with van der Waals surface area (Å²) in [5.74, 6) is 2.44. The minimum atomic E-state index is -0.103. The molecule has 0 spiro atoms. The first-order valence-corrected chi connectivity index (χ1v) is 20.1. The molecule has 2 saturated heterocycles. The largest absolute Gasteiger partial charge is 0.497 e. The van der Waals surface area contributed by atoms with Crippen molar-refractivity contribution in [2.24, 2.45) is 0 Å². The van der Waals surface area contributed by atoms with Gasteiger partial charge in [-0.2, -0.15) is 0 Å². The standard InChI is InChI=1S/C24H33NO3.C23H30ClNO2/c1-23(2)18-24(13-15-28-23,20-8-6-5-7-9-20)12-14-25-17-19-10-11-21(26-3)22(16-19)27-4;1-22(2)17-23(13-15-27-22,19-6-10-21(26-3)11-7-19)12-14-25-16-18-4-8-20(24)9-5-18/h5-11,16,25H,12-15,17-18H2,1-4H3;4-11,25H,12-17H2,1-3H3. The summed E-state index contributed by atoms with van der Waals surface area (Å²) in [4.78, 5) is 0. The van der Waals surface area contributed by atoms with Crippen LogP contribution in [0.2, 0.25) is 5.02 Å². The van der Waals surface area contributed by atoms with Crippen molar-refractivity contribution in [3.63, 3.8) is 0 Å². The minimum absolute atomic E-state index is 0.0859. The molecule has 0 bridgehead atoms. The van der Waals surface area contributed by atoms with Crippen LogP contribution in [0, 0.1) is 0 Å². The summed E-state index contributed by atoms with van der Waals surface area (Å²) >= 11 is 5.97. The second-order valence-corrected chi connectivity index (χ2v) is 16.8. The Balaban J connectivity index is 0.000000211. The maximum atomic E-state index is 6.02. The van der Waals surface area contributed by atoms with Crippen molar-refractivity contribution in [3.05, 3.63) is 124 Å². The Morgan fingerprint density at radius 1 is 0.582 bits per heavy atom. The normalized spacial score (nSPS) is 21.5. The fourth-order valence-electron chi connectivity index (χ4n) is 8.61. The molecule has 0 aliphatic carbocycles. The van der Waals surface area contributed by atoms with Gasteiger partial charge in [-0.15, -0.1) is 0 Å². The minimum Gasteiger partial charge on any atom is -0.497 e.